The maximum absolute atomic E-state index is 0. The van der Waals surface area contributed by atoms with E-state index in [0.29, 0.717) is 0 Å². The van der Waals surface area contributed by atoms with Gasteiger partial charge in [-0.05, 0) is 0 Å². The van der Waals surface area contributed by atoms with Crippen molar-refractivity contribution in [3.8, 4) is 0 Å². The van der Waals surface area contributed by atoms with Gasteiger partial charge in [0.2, 0.25) is 0 Å². The molecular weight excluding hydrogens is 250 g/mol. The number of hydrogen-bond donors (Lipinski definition) is 0. The Morgan fingerprint density at radius 2 is 0.333 bits per heavy atom. The van der Waals surface area contributed by atoms with Crippen LogP contribution in [0.25, 0.3) is 0 Å². The van der Waals surface area contributed by atoms with Crippen LogP contribution in [-0.4, -0.2) is 17.6 Å². The summed E-state index contributed by atoms with van der Waals surface area (Å²) in [5.41, 5.74) is 0. The van der Waals surface area contributed by atoms with Crippen molar-refractivity contribution in [1.82, 2.24) is 0 Å². The van der Waals surface area contributed by atoms with E-state index >= 15 is 0 Å². The molecule has 48 valence electrons. The van der Waals surface area contributed by atoms with Gasteiger partial charge in [-0.3, -0.25) is 0 Å². The van der Waals surface area contributed by atoms with Crippen LogP contribution < -0.4 is 0 Å². The summed E-state index contributed by atoms with van der Waals surface area (Å²) >= 11 is 0. The molecule has 0 aliphatic carbocycles. The first-order chi connectivity index (χ1) is 0. The summed E-state index contributed by atoms with van der Waals surface area (Å²) in [7, 11) is 0. The van der Waals surface area contributed by atoms with Crippen LogP contribution in [-0.2, 0) is 0 Å². The molecule has 0 amide bonds. The Labute approximate surface area is 79.2 Å². The van der Waals surface area contributed by atoms with Crippen LogP contribution in [0.1, 0.15) is 0 Å². The molecule has 0 atom stereocenters. The Hall–Kier alpha value is 1.99. The SMILES string of the molecule is Cl.Cl.Cl.Cl.Cl.[GeH4]. The van der Waals surface area contributed by atoms with Gasteiger partial charge in [0.25, 0.3) is 0 Å². The molecular formula is H9Cl5Ge. The van der Waals surface area contributed by atoms with E-state index in [4.69, 9.17) is 0 Å². The third kappa shape index (κ3) is 37.6. The zero-order valence-electron chi connectivity index (χ0n) is 2.04. The molecule has 0 heterocycles. The van der Waals surface area contributed by atoms with E-state index in [9.17, 15) is 0 Å². The van der Waals surface area contributed by atoms with E-state index in [1.54, 1.807) is 0 Å². The van der Waals surface area contributed by atoms with Crippen molar-refractivity contribution in [2.75, 3.05) is 0 Å². The second-order valence-electron chi connectivity index (χ2n) is 0. The molecule has 0 fully saturated rings. The molecule has 6 heavy (non-hydrogen) atoms. The molecule has 0 N–H and O–H groups in total. The van der Waals surface area contributed by atoms with Crippen LogP contribution >= 0.6 is 62.0 Å². The van der Waals surface area contributed by atoms with Gasteiger partial charge in [0.1, 0.15) is 0 Å². The van der Waals surface area contributed by atoms with Crippen molar-refractivity contribution < 1.29 is 0 Å². The van der Waals surface area contributed by atoms with E-state index in [1.165, 1.54) is 0 Å². The van der Waals surface area contributed by atoms with Crippen molar-refractivity contribution in [3.63, 3.8) is 0 Å². The Kier molecular flexibility index (Phi) is 1040. The third-order valence-electron chi connectivity index (χ3n) is 0. The first-order valence-electron chi connectivity index (χ1n) is 0. The van der Waals surface area contributed by atoms with Crippen LogP contribution in [0.15, 0.2) is 0 Å². The first-order valence-corrected chi connectivity index (χ1v) is 0. The molecule has 0 aliphatic rings. The van der Waals surface area contributed by atoms with Crippen LogP contribution in [0.2, 0.25) is 0 Å². The minimum absolute atomic E-state index is 0. The third-order valence-corrected chi connectivity index (χ3v) is 0. The van der Waals surface area contributed by atoms with Gasteiger partial charge in [-0.25, -0.2) is 0 Å². The molecule has 0 saturated carbocycles. The van der Waals surface area contributed by atoms with E-state index in [0.717, 1.165) is 0 Å². The van der Waals surface area contributed by atoms with Gasteiger partial charge >= 0.3 is 17.6 Å². The number of rotatable bonds is 0. The second kappa shape index (κ2) is 63.2. The molecule has 0 unspecified atom stereocenters. The van der Waals surface area contributed by atoms with Gasteiger partial charge in [0.15, 0.2) is 0 Å². The zero-order valence-corrected chi connectivity index (χ0v) is 6.12. The summed E-state index contributed by atoms with van der Waals surface area (Å²) in [5, 5.41) is 0. The van der Waals surface area contributed by atoms with E-state index in [2.05, 4.69) is 0 Å². The molecule has 6 heteroatoms. The van der Waals surface area contributed by atoms with Gasteiger partial charge in [-0.1, -0.05) is 0 Å². The predicted octanol–water partition coefficient (Wildman–Crippen LogP) is 0.657. The van der Waals surface area contributed by atoms with Crippen molar-refractivity contribution in [2.24, 2.45) is 0 Å². The Balaban J connectivity index is 0. The average molecular weight is 259 g/mol. The summed E-state index contributed by atoms with van der Waals surface area (Å²) in [6, 6.07) is 0. The Morgan fingerprint density at radius 1 is 0.333 bits per heavy atom. The molecule has 0 spiro atoms. The molecule has 0 aromatic heterocycles. The van der Waals surface area contributed by atoms with Gasteiger partial charge in [-0.15, -0.1) is 62.0 Å². The summed E-state index contributed by atoms with van der Waals surface area (Å²) in [6.07, 6.45) is 0. The molecule has 0 saturated heterocycles. The predicted molar refractivity (Wildman–Crippen MR) is 47.6 cm³/mol. The molecule has 0 rings (SSSR count). The fourth-order valence-corrected chi connectivity index (χ4v) is 0. The van der Waals surface area contributed by atoms with Crippen molar-refractivity contribution in [1.29, 1.82) is 0 Å². The summed E-state index contributed by atoms with van der Waals surface area (Å²) in [6.45, 7) is 0. The van der Waals surface area contributed by atoms with Gasteiger partial charge in [0, 0.05) is 0 Å². The van der Waals surface area contributed by atoms with Crippen molar-refractivity contribution >= 4 is 79.6 Å². The average Bonchev–Trinajstić information content (AvgIpc) is 0. The fraction of sp³-hybridized carbons (Fsp3) is 0. The van der Waals surface area contributed by atoms with Crippen LogP contribution in [0.3, 0.4) is 0 Å². The Bertz CT molecular complexity index is 3.90. The molecule has 0 aromatic carbocycles. The van der Waals surface area contributed by atoms with Crippen molar-refractivity contribution in [3.05, 3.63) is 0 Å². The van der Waals surface area contributed by atoms with E-state index < -0.39 is 0 Å². The topological polar surface area (TPSA) is 0 Å². The van der Waals surface area contributed by atoms with Crippen molar-refractivity contribution in [2.45, 2.75) is 0 Å². The molecule has 0 radical (unpaired) electrons. The summed E-state index contributed by atoms with van der Waals surface area (Å²) in [5.74, 6) is 0. The molecule has 0 aromatic rings. The monoisotopic (exact) mass is 258 g/mol. The number of halogens is 5. The second-order valence-corrected chi connectivity index (χ2v) is 0. The van der Waals surface area contributed by atoms with E-state index in [1.807, 2.05) is 0 Å². The summed E-state index contributed by atoms with van der Waals surface area (Å²) in [4.78, 5) is 0. The van der Waals surface area contributed by atoms with E-state index in [-0.39, 0.29) is 79.6 Å². The minimum atomic E-state index is 0. The van der Waals surface area contributed by atoms with Crippen LogP contribution in [0.4, 0.5) is 0 Å². The standard InChI is InChI=1S/5ClH.GeH4/h5*1H;1H4. The van der Waals surface area contributed by atoms with Gasteiger partial charge in [-0.2, -0.15) is 0 Å². The summed E-state index contributed by atoms with van der Waals surface area (Å²) < 4.78 is 0. The van der Waals surface area contributed by atoms with Gasteiger partial charge in [0.05, 0.1) is 0 Å². The molecule has 0 aliphatic heterocycles. The number of hydrogen-bond acceptors (Lipinski definition) is 0. The maximum atomic E-state index is 0. The quantitative estimate of drug-likeness (QED) is 0.560. The Morgan fingerprint density at radius 3 is 0.333 bits per heavy atom. The van der Waals surface area contributed by atoms with Crippen LogP contribution in [0.5, 0.6) is 0 Å². The first kappa shape index (κ1) is 98.4. The zero-order chi connectivity index (χ0) is 0. The van der Waals surface area contributed by atoms with Gasteiger partial charge < -0.3 is 0 Å². The molecule has 0 bridgehead atoms. The fourth-order valence-electron chi connectivity index (χ4n) is 0. The normalized spacial score (nSPS) is 0. The molecule has 0 nitrogen and oxygen atoms in total. The van der Waals surface area contributed by atoms with Crippen LogP contribution in [0, 0.1) is 0 Å².